The van der Waals surface area contributed by atoms with Crippen LogP contribution in [0.5, 0.6) is 5.75 Å². The van der Waals surface area contributed by atoms with Crippen molar-refractivity contribution in [3.05, 3.63) is 101 Å². The maximum absolute atomic E-state index is 13.2. The van der Waals surface area contributed by atoms with Crippen LogP contribution in [0.2, 0.25) is 0 Å². The Balaban J connectivity index is 2.49. The summed E-state index contributed by atoms with van der Waals surface area (Å²) in [6, 6.07) is 22.6. The number of hydrogen-bond donors (Lipinski definition) is 2. The first-order chi connectivity index (χ1) is 13.2. The van der Waals surface area contributed by atoms with Gasteiger partial charge in [-0.3, -0.25) is 4.79 Å². The topological polar surface area (TPSA) is 63.3 Å². The fourth-order valence-electron chi connectivity index (χ4n) is 3.85. The molecule has 0 heterocycles. The van der Waals surface area contributed by atoms with E-state index in [-0.39, 0.29) is 11.2 Å². The van der Waals surface area contributed by atoms with Crippen LogP contribution >= 0.6 is 0 Å². The number of amides is 1. The van der Waals surface area contributed by atoms with Crippen LogP contribution in [0.25, 0.3) is 0 Å². The van der Waals surface area contributed by atoms with E-state index in [0.717, 1.165) is 22.3 Å². The Morgan fingerprint density at radius 1 is 0.821 bits per heavy atom. The highest BCUT2D eigenvalue weighted by molar-refractivity contribution is 5.96. The van der Waals surface area contributed by atoms with E-state index in [1.54, 1.807) is 6.07 Å². The largest absolute Gasteiger partial charge is 0.508 e. The first kappa shape index (κ1) is 19.7. The molecular formula is C25H27NO2. The van der Waals surface area contributed by atoms with Crippen LogP contribution in [-0.4, -0.2) is 11.0 Å². The number of hydrogen-bond acceptors (Lipinski definition) is 2. The average molecular weight is 373 g/mol. The predicted octanol–water partition coefficient (Wildman–Crippen LogP) is 4.82. The minimum absolute atomic E-state index is 0.0545. The Morgan fingerprint density at radius 3 is 2.00 bits per heavy atom. The zero-order valence-electron chi connectivity index (χ0n) is 16.9. The quantitative estimate of drug-likeness (QED) is 0.644. The molecule has 0 aliphatic carbocycles. The number of carbonyl (C=O) groups is 1. The molecule has 0 fully saturated rings. The summed E-state index contributed by atoms with van der Waals surface area (Å²) >= 11 is 0. The van der Waals surface area contributed by atoms with Gasteiger partial charge in [0, 0.05) is 5.56 Å². The second-order valence-corrected chi connectivity index (χ2v) is 8.28. The van der Waals surface area contributed by atoms with Crippen molar-refractivity contribution in [3.8, 4) is 5.75 Å². The van der Waals surface area contributed by atoms with Gasteiger partial charge in [-0.2, -0.15) is 0 Å². The fraction of sp³-hybridized carbons (Fsp3) is 0.240. The van der Waals surface area contributed by atoms with Crippen molar-refractivity contribution in [2.45, 2.75) is 38.5 Å². The third kappa shape index (κ3) is 3.18. The predicted molar refractivity (Wildman–Crippen MR) is 114 cm³/mol. The summed E-state index contributed by atoms with van der Waals surface area (Å²) in [6.07, 6.45) is 0. The lowest BCUT2D eigenvalue weighted by Crippen LogP contribution is -2.44. The maximum atomic E-state index is 13.2. The molecule has 0 aliphatic heterocycles. The highest BCUT2D eigenvalue weighted by Crippen LogP contribution is 2.45. The third-order valence-electron chi connectivity index (χ3n) is 5.39. The molecule has 3 rings (SSSR count). The molecule has 3 aromatic carbocycles. The van der Waals surface area contributed by atoms with E-state index < -0.39 is 11.3 Å². The van der Waals surface area contributed by atoms with Gasteiger partial charge in [-0.1, -0.05) is 81.4 Å². The van der Waals surface area contributed by atoms with Crippen LogP contribution in [0.15, 0.2) is 72.8 Å². The van der Waals surface area contributed by atoms with Crippen molar-refractivity contribution in [2.75, 3.05) is 0 Å². The summed E-state index contributed by atoms with van der Waals surface area (Å²) in [4.78, 5) is 13.2. The van der Waals surface area contributed by atoms with Gasteiger partial charge in [0.25, 0.3) is 0 Å². The Morgan fingerprint density at radius 2 is 1.43 bits per heavy atom. The second-order valence-electron chi connectivity index (χ2n) is 8.28. The van der Waals surface area contributed by atoms with E-state index >= 15 is 0 Å². The van der Waals surface area contributed by atoms with Crippen LogP contribution < -0.4 is 5.73 Å². The standard InChI is InChI=1S/C25H27NO2/c1-17-10-8-9-13-20(17)25(23(26)28,18-11-6-5-7-12-18)21-16-19(24(2,3)4)14-15-22(21)27/h5-16,27H,1-4H3,(H2,26,28). The number of benzene rings is 3. The molecule has 1 amide bonds. The Hall–Kier alpha value is -3.07. The smallest absolute Gasteiger partial charge is 0.237 e. The van der Waals surface area contributed by atoms with Gasteiger partial charge in [-0.05, 0) is 46.7 Å². The zero-order chi connectivity index (χ0) is 20.5. The first-order valence-corrected chi connectivity index (χ1v) is 9.44. The molecule has 0 aromatic heterocycles. The van der Waals surface area contributed by atoms with Gasteiger partial charge in [0.15, 0.2) is 0 Å². The van der Waals surface area contributed by atoms with E-state index in [1.165, 1.54) is 0 Å². The van der Waals surface area contributed by atoms with Crippen LogP contribution in [0, 0.1) is 6.92 Å². The molecule has 3 heteroatoms. The van der Waals surface area contributed by atoms with Gasteiger partial charge in [-0.15, -0.1) is 0 Å². The van der Waals surface area contributed by atoms with Gasteiger partial charge >= 0.3 is 0 Å². The van der Waals surface area contributed by atoms with Crippen LogP contribution in [-0.2, 0) is 15.6 Å². The van der Waals surface area contributed by atoms with Crippen molar-refractivity contribution >= 4 is 5.91 Å². The van der Waals surface area contributed by atoms with Crippen LogP contribution in [0.1, 0.15) is 48.6 Å². The molecule has 1 atom stereocenters. The number of phenols is 1. The van der Waals surface area contributed by atoms with Gasteiger partial charge in [-0.25, -0.2) is 0 Å². The summed E-state index contributed by atoms with van der Waals surface area (Å²) in [5.74, 6) is -0.465. The molecule has 0 aliphatic rings. The highest BCUT2D eigenvalue weighted by Gasteiger charge is 2.45. The van der Waals surface area contributed by atoms with E-state index in [1.807, 2.05) is 73.7 Å². The van der Waals surface area contributed by atoms with E-state index in [2.05, 4.69) is 20.8 Å². The monoisotopic (exact) mass is 373 g/mol. The molecule has 0 saturated carbocycles. The third-order valence-corrected chi connectivity index (χ3v) is 5.39. The van der Waals surface area contributed by atoms with Crippen molar-refractivity contribution in [2.24, 2.45) is 5.73 Å². The highest BCUT2D eigenvalue weighted by atomic mass is 16.3. The summed E-state index contributed by atoms with van der Waals surface area (Å²) < 4.78 is 0. The maximum Gasteiger partial charge on any atom is 0.237 e. The number of phenolic OH excluding ortho intramolecular Hbond substituents is 1. The lowest BCUT2D eigenvalue weighted by Gasteiger charge is -2.35. The molecule has 28 heavy (non-hydrogen) atoms. The Labute approximate surface area is 166 Å². The van der Waals surface area contributed by atoms with Crippen LogP contribution in [0.3, 0.4) is 0 Å². The first-order valence-electron chi connectivity index (χ1n) is 9.44. The number of primary amides is 1. The summed E-state index contributed by atoms with van der Waals surface area (Å²) in [5.41, 5.74) is 8.65. The Bertz CT molecular complexity index is 1000. The van der Waals surface area contributed by atoms with Crippen molar-refractivity contribution in [1.82, 2.24) is 0 Å². The summed E-state index contributed by atoms with van der Waals surface area (Å²) in [6.45, 7) is 8.27. The second kappa shape index (κ2) is 7.16. The normalized spacial score (nSPS) is 13.7. The van der Waals surface area contributed by atoms with Crippen LogP contribution in [0.4, 0.5) is 0 Å². The molecule has 3 aromatic rings. The lowest BCUT2D eigenvalue weighted by molar-refractivity contribution is -0.121. The molecule has 0 bridgehead atoms. The minimum Gasteiger partial charge on any atom is -0.508 e. The van der Waals surface area contributed by atoms with Gasteiger partial charge in [0.1, 0.15) is 11.2 Å². The molecule has 1 unspecified atom stereocenters. The molecule has 3 N–H and O–H groups in total. The number of rotatable bonds is 4. The number of aromatic hydroxyl groups is 1. The zero-order valence-corrected chi connectivity index (χ0v) is 16.9. The average Bonchev–Trinajstić information content (AvgIpc) is 2.65. The van der Waals surface area contributed by atoms with Gasteiger partial charge in [0.05, 0.1) is 0 Å². The summed E-state index contributed by atoms with van der Waals surface area (Å²) in [7, 11) is 0. The lowest BCUT2D eigenvalue weighted by atomic mass is 9.66. The van der Waals surface area contributed by atoms with Crippen molar-refractivity contribution < 1.29 is 9.90 Å². The molecular weight excluding hydrogens is 346 g/mol. The molecule has 3 nitrogen and oxygen atoms in total. The molecule has 0 saturated heterocycles. The molecule has 144 valence electrons. The molecule has 0 spiro atoms. The van der Waals surface area contributed by atoms with E-state index in [4.69, 9.17) is 5.73 Å². The van der Waals surface area contributed by atoms with E-state index in [9.17, 15) is 9.90 Å². The van der Waals surface area contributed by atoms with Gasteiger partial charge < -0.3 is 10.8 Å². The van der Waals surface area contributed by atoms with Gasteiger partial charge in [0.2, 0.25) is 5.91 Å². The number of carbonyl (C=O) groups excluding carboxylic acids is 1. The van der Waals surface area contributed by atoms with Crippen molar-refractivity contribution in [3.63, 3.8) is 0 Å². The summed E-state index contributed by atoms with van der Waals surface area (Å²) in [5, 5.41) is 10.9. The molecule has 0 radical (unpaired) electrons. The minimum atomic E-state index is -1.29. The van der Waals surface area contributed by atoms with E-state index in [0.29, 0.717) is 5.56 Å². The SMILES string of the molecule is Cc1ccccc1C(C(N)=O)(c1ccccc1)c1cc(C(C)(C)C)ccc1O. The number of aryl methyl sites for hydroxylation is 1. The fourth-order valence-corrected chi connectivity index (χ4v) is 3.85. The Kier molecular flexibility index (Phi) is 5.03. The van der Waals surface area contributed by atoms with Crippen molar-refractivity contribution in [1.29, 1.82) is 0 Å². The number of nitrogens with two attached hydrogens (primary N) is 1.